The van der Waals surface area contributed by atoms with Gasteiger partial charge in [-0.05, 0) is 30.7 Å². The highest BCUT2D eigenvalue weighted by Gasteiger charge is 2.11. The third kappa shape index (κ3) is 6.55. The molecule has 140 valence electrons. The Morgan fingerprint density at radius 3 is 2.73 bits per heavy atom. The third-order valence-corrected chi connectivity index (χ3v) is 4.51. The van der Waals surface area contributed by atoms with Gasteiger partial charge in [-0.15, -0.1) is 0 Å². The third-order valence-electron chi connectivity index (χ3n) is 3.74. The largest absolute Gasteiger partial charge is 0.467 e. The van der Waals surface area contributed by atoms with Crippen LogP contribution in [0.1, 0.15) is 24.7 Å². The van der Waals surface area contributed by atoms with Crippen molar-refractivity contribution in [3.8, 4) is 0 Å². The Balaban J connectivity index is 1.79. The number of nitrogens with one attached hydrogen (secondary N) is 2. The molecule has 7 heteroatoms. The summed E-state index contributed by atoms with van der Waals surface area (Å²) in [5.41, 5.74) is 1.09. The monoisotopic (exact) mass is 420 g/mol. The van der Waals surface area contributed by atoms with Crippen LogP contribution < -0.4 is 10.6 Å². The van der Waals surface area contributed by atoms with Gasteiger partial charge in [-0.2, -0.15) is 0 Å². The number of benzene rings is 1. The predicted molar refractivity (Wildman–Crippen MR) is 107 cm³/mol. The Kier molecular flexibility index (Phi) is 8.21. The Morgan fingerprint density at radius 1 is 1.23 bits per heavy atom. The second kappa shape index (κ2) is 10.7. The maximum atomic E-state index is 12.3. The molecule has 6 nitrogen and oxygen atoms in total. The number of carbonyl (C=O) groups excluding carboxylic acids is 1. The maximum absolute atomic E-state index is 12.3. The van der Waals surface area contributed by atoms with Crippen LogP contribution in [-0.2, 0) is 17.9 Å². The molecule has 0 aliphatic heterocycles. The molecular formula is C19H25BrN4O2. The van der Waals surface area contributed by atoms with Crippen LogP contribution in [0.5, 0.6) is 0 Å². The van der Waals surface area contributed by atoms with E-state index in [1.165, 1.54) is 0 Å². The molecule has 0 aliphatic rings. The van der Waals surface area contributed by atoms with Crippen molar-refractivity contribution in [3.63, 3.8) is 0 Å². The molecular weight excluding hydrogens is 396 g/mol. The van der Waals surface area contributed by atoms with Crippen molar-refractivity contribution in [2.24, 2.45) is 4.99 Å². The lowest BCUT2D eigenvalue weighted by atomic mass is 10.2. The van der Waals surface area contributed by atoms with E-state index in [4.69, 9.17) is 4.42 Å². The predicted octanol–water partition coefficient (Wildman–Crippen LogP) is 3.15. The Bertz CT molecular complexity index is 716. The first-order chi connectivity index (χ1) is 12.6. The lowest BCUT2D eigenvalue weighted by molar-refractivity contribution is -0.130. The summed E-state index contributed by atoms with van der Waals surface area (Å²) in [4.78, 5) is 18.5. The van der Waals surface area contributed by atoms with Gasteiger partial charge < -0.3 is 20.0 Å². The van der Waals surface area contributed by atoms with E-state index in [0.717, 1.165) is 22.3 Å². The zero-order valence-corrected chi connectivity index (χ0v) is 16.8. The summed E-state index contributed by atoms with van der Waals surface area (Å²) < 4.78 is 6.29. The molecule has 0 bridgehead atoms. The number of hydrogen-bond donors (Lipinski definition) is 2. The number of nitrogens with zero attached hydrogens (tertiary/aromatic N) is 2. The number of aliphatic imine (C=N–C) groups is 1. The second-order valence-corrected chi connectivity index (χ2v) is 6.65. The van der Waals surface area contributed by atoms with Gasteiger partial charge >= 0.3 is 0 Å². The quantitative estimate of drug-likeness (QED) is 0.508. The number of halogens is 1. The molecule has 0 spiro atoms. The number of guanidine groups is 1. The fourth-order valence-electron chi connectivity index (χ4n) is 2.35. The average Bonchev–Trinajstić information content (AvgIpc) is 3.15. The molecule has 1 heterocycles. The molecule has 0 radical (unpaired) electrons. The molecule has 0 saturated heterocycles. The van der Waals surface area contributed by atoms with Gasteiger partial charge in [0.25, 0.3) is 0 Å². The fourth-order valence-corrected chi connectivity index (χ4v) is 2.76. The van der Waals surface area contributed by atoms with Gasteiger partial charge in [0.15, 0.2) is 5.96 Å². The molecule has 0 atom stereocenters. The van der Waals surface area contributed by atoms with Crippen molar-refractivity contribution in [1.82, 2.24) is 15.5 Å². The molecule has 0 aliphatic carbocycles. The number of rotatable bonds is 8. The fraction of sp³-hybridized carbons (Fsp3) is 0.368. The van der Waals surface area contributed by atoms with E-state index in [2.05, 4.69) is 31.6 Å². The van der Waals surface area contributed by atoms with Crippen LogP contribution in [-0.4, -0.2) is 36.9 Å². The van der Waals surface area contributed by atoms with Crippen molar-refractivity contribution >= 4 is 27.8 Å². The minimum Gasteiger partial charge on any atom is -0.467 e. The normalized spacial score (nSPS) is 11.3. The Hall–Kier alpha value is -2.28. The number of amides is 1. The van der Waals surface area contributed by atoms with Crippen LogP contribution in [0.3, 0.4) is 0 Å². The summed E-state index contributed by atoms with van der Waals surface area (Å²) in [6, 6.07) is 11.6. The van der Waals surface area contributed by atoms with Crippen molar-refractivity contribution in [2.45, 2.75) is 26.4 Å². The summed E-state index contributed by atoms with van der Waals surface area (Å²) >= 11 is 3.51. The summed E-state index contributed by atoms with van der Waals surface area (Å²) in [5.74, 6) is 1.55. The molecule has 2 aromatic rings. The van der Waals surface area contributed by atoms with Crippen LogP contribution in [0.25, 0.3) is 0 Å². The maximum Gasteiger partial charge on any atom is 0.224 e. The number of furan rings is 1. The standard InChI is InChI=1S/C19H25BrN4O2/c1-3-21-19(23-13-16-8-6-12-26-16)22-11-10-18(25)24(2)14-15-7-4-5-9-17(15)20/h4-9,12H,3,10-11,13-14H2,1-2H3,(H2,21,22,23). The molecule has 1 amide bonds. The molecule has 0 saturated carbocycles. The highest BCUT2D eigenvalue weighted by molar-refractivity contribution is 9.10. The SMILES string of the molecule is CCNC(=NCc1ccco1)NCCC(=O)N(C)Cc1ccccc1Br. The summed E-state index contributed by atoms with van der Waals surface area (Å²) in [6.45, 7) is 4.30. The van der Waals surface area contributed by atoms with E-state index in [9.17, 15) is 4.79 Å². The van der Waals surface area contributed by atoms with Crippen LogP contribution in [0, 0.1) is 0 Å². The van der Waals surface area contributed by atoms with E-state index in [-0.39, 0.29) is 5.91 Å². The second-order valence-electron chi connectivity index (χ2n) is 5.79. The van der Waals surface area contributed by atoms with Crippen LogP contribution >= 0.6 is 15.9 Å². The van der Waals surface area contributed by atoms with Gasteiger partial charge in [0.2, 0.25) is 5.91 Å². The lowest BCUT2D eigenvalue weighted by Crippen LogP contribution is -2.39. The molecule has 2 N–H and O–H groups in total. The lowest BCUT2D eigenvalue weighted by Gasteiger charge is -2.19. The number of carbonyl (C=O) groups is 1. The van der Waals surface area contributed by atoms with Crippen LogP contribution in [0.15, 0.2) is 56.5 Å². The summed E-state index contributed by atoms with van der Waals surface area (Å²) in [7, 11) is 1.82. The molecule has 26 heavy (non-hydrogen) atoms. The smallest absolute Gasteiger partial charge is 0.224 e. The number of hydrogen-bond acceptors (Lipinski definition) is 3. The Morgan fingerprint density at radius 2 is 2.04 bits per heavy atom. The zero-order valence-electron chi connectivity index (χ0n) is 15.2. The molecule has 1 aromatic heterocycles. The highest BCUT2D eigenvalue weighted by atomic mass is 79.9. The molecule has 0 unspecified atom stereocenters. The van der Waals surface area contributed by atoms with Crippen molar-refractivity contribution in [3.05, 3.63) is 58.5 Å². The minimum absolute atomic E-state index is 0.0788. The van der Waals surface area contributed by atoms with E-state index in [1.54, 1.807) is 11.2 Å². The molecule has 1 aromatic carbocycles. The Labute approximate surface area is 162 Å². The summed E-state index contributed by atoms with van der Waals surface area (Å²) in [6.07, 6.45) is 2.02. The first-order valence-corrected chi connectivity index (χ1v) is 9.41. The van der Waals surface area contributed by atoms with E-state index < -0.39 is 0 Å². The van der Waals surface area contributed by atoms with Gasteiger partial charge in [-0.1, -0.05) is 34.1 Å². The molecule has 2 rings (SSSR count). The van der Waals surface area contributed by atoms with Crippen LogP contribution in [0.4, 0.5) is 0 Å². The molecule has 0 fully saturated rings. The average molecular weight is 421 g/mol. The van der Waals surface area contributed by atoms with Gasteiger partial charge in [-0.3, -0.25) is 4.79 Å². The van der Waals surface area contributed by atoms with Gasteiger partial charge in [0.1, 0.15) is 12.3 Å². The topological polar surface area (TPSA) is 69.9 Å². The van der Waals surface area contributed by atoms with Crippen molar-refractivity contribution in [2.75, 3.05) is 20.1 Å². The van der Waals surface area contributed by atoms with E-state index in [0.29, 0.717) is 32.0 Å². The van der Waals surface area contributed by atoms with Gasteiger partial charge in [0, 0.05) is 37.6 Å². The first kappa shape index (κ1) is 20.0. The summed E-state index contributed by atoms with van der Waals surface area (Å²) in [5, 5.41) is 6.35. The van der Waals surface area contributed by atoms with Crippen LogP contribution in [0.2, 0.25) is 0 Å². The van der Waals surface area contributed by atoms with Crippen molar-refractivity contribution in [1.29, 1.82) is 0 Å². The van der Waals surface area contributed by atoms with E-state index in [1.807, 2.05) is 50.4 Å². The minimum atomic E-state index is 0.0788. The first-order valence-electron chi connectivity index (χ1n) is 8.62. The van der Waals surface area contributed by atoms with E-state index >= 15 is 0 Å². The van der Waals surface area contributed by atoms with Gasteiger partial charge in [0.05, 0.1) is 6.26 Å². The highest BCUT2D eigenvalue weighted by Crippen LogP contribution is 2.17. The van der Waals surface area contributed by atoms with Gasteiger partial charge in [-0.25, -0.2) is 4.99 Å². The zero-order chi connectivity index (χ0) is 18.8. The van der Waals surface area contributed by atoms with Crippen molar-refractivity contribution < 1.29 is 9.21 Å².